The zero-order valence-electron chi connectivity index (χ0n) is 10.5. The number of hydrogen-bond donors (Lipinski definition) is 1. The number of nitrogens with one attached hydrogen (secondary N) is 1. The van der Waals surface area contributed by atoms with Gasteiger partial charge in [-0.1, -0.05) is 0 Å². The van der Waals surface area contributed by atoms with Crippen molar-refractivity contribution in [1.82, 2.24) is 14.6 Å². The van der Waals surface area contributed by atoms with Crippen molar-refractivity contribution in [3.63, 3.8) is 0 Å². The molecule has 3 rings (SSSR count). The Labute approximate surface area is 110 Å². The second kappa shape index (κ2) is 5.11. The Balaban J connectivity index is 1.94. The highest BCUT2D eigenvalue weighted by molar-refractivity contribution is 5.62. The molecule has 0 radical (unpaired) electrons. The summed E-state index contributed by atoms with van der Waals surface area (Å²) in [5, 5.41) is 7.70. The highest BCUT2D eigenvalue weighted by atomic mass is 16.5. The van der Waals surface area contributed by atoms with Crippen molar-refractivity contribution >= 4 is 11.5 Å². The molecule has 0 saturated carbocycles. The Bertz CT molecular complexity index is 660. The van der Waals surface area contributed by atoms with E-state index in [2.05, 4.69) is 15.4 Å². The Morgan fingerprint density at radius 3 is 3.11 bits per heavy atom. The SMILES string of the molecule is COCCNc1ccc2ncc(-c3ccoc3)n2n1. The second-order valence-corrected chi connectivity index (χ2v) is 4.06. The van der Waals surface area contributed by atoms with E-state index in [4.69, 9.17) is 9.15 Å². The molecule has 0 aromatic carbocycles. The minimum absolute atomic E-state index is 0.637. The first-order valence-corrected chi connectivity index (χ1v) is 5.98. The molecule has 0 aliphatic carbocycles. The van der Waals surface area contributed by atoms with Gasteiger partial charge in [-0.2, -0.15) is 0 Å². The molecular formula is C13H14N4O2. The van der Waals surface area contributed by atoms with Gasteiger partial charge in [0.15, 0.2) is 5.65 Å². The summed E-state index contributed by atoms with van der Waals surface area (Å²) >= 11 is 0. The van der Waals surface area contributed by atoms with Gasteiger partial charge in [0.2, 0.25) is 0 Å². The number of ether oxygens (including phenoxy) is 1. The number of aromatic nitrogens is 3. The highest BCUT2D eigenvalue weighted by Gasteiger charge is 2.08. The predicted molar refractivity (Wildman–Crippen MR) is 71.1 cm³/mol. The van der Waals surface area contributed by atoms with Crippen LogP contribution in [0.3, 0.4) is 0 Å². The van der Waals surface area contributed by atoms with Gasteiger partial charge in [-0.25, -0.2) is 9.50 Å². The summed E-state index contributed by atoms with van der Waals surface area (Å²) in [6.07, 6.45) is 5.09. The molecule has 3 heterocycles. The zero-order chi connectivity index (χ0) is 13.1. The Morgan fingerprint density at radius 2 is 2.32 bits per heavy atom. The van der Waals surface area contributed by atoms with Crippen molar-refractivity contribution < 1.29 is 9.15 Å². The van der Waals surface area contributed by atoms with Crippen LogP contribution in [0.1, 0.15) is 0 Å². The first-order valence-electron chi connectivity index (χ1n) is 5.98. The number of anilines is 1. The molecule has 3 aromatic heterocycles. The quantitative estimate of drug-likeness (QED) is 0.709. The summed E-state index contributed by atoms with van der Waals surface area (Å²) in [7, 11) is 1.67. The highest BCUT2D eigenvalue weighted by Crippen LogP contribution is 2.20. The molecule has 98 valence electrons. The standard InChI is InChI=1S/C13H14N4O2/c1-18-7-5-14-12-2-3-13-15-8-11(17(13)16-12)10-4-6-19-9-10/h2-4,6,8-9H,5,7H2,1H3,(H,14,16). The van der Waals surface area contributed by atoms with Gasteiger partial charge >= 0.3 is 0 Å². The summed E-state index contributed by atoms with van der Waals surface area (Å²) in [4.78, 5) is 4.32. The molecule has 0 aliphatic heterocycles. The van der Waals surface area contributed by atoms with Crippen molar-refractivity contribution in [2.45, 2.75) is 0 Å². The first-order chi connectivity index (χ1) is 9.38. The lowest BCUT2D eigenvalue weighted by Crippen LogP contribution is -2.10. The number of furan rings is 1. The molecule has 0 unspecified atom stereocenters. The van der Waals surface area contributed by atoms with E-state index < -0.39 is 0 Å². The number of imidazole rings is 1. The van der Waals surface area contributed by atoms with Crippen LogP contribution in [0, 0.1) is 0 Å². The largest absolute Gasteiger partial charge is 0.472 e. The molecule has 6 heteroatoms. The van der Waals surface area contributed by atoms with Crippen molar-refractivity contribution in [1.29, 1.82) is 0 Å². The topological polar surface area (TPSA) is 64.6 Å². The fourth-order valence-electron chi connectivity index (χ4n) is 1.86. The molecule has 0 aliphatic rings. The number of nitrogens with zero attached hydrogens (tertiary/aromatic N) is 3. The van der Waals surface area contributed by atoms with Gasteiger partial charge in [-0.05, 0) is 18.2 Å². The molecule has 0 fully saturated rings. The molecule has 3 aromatic rings. The maximum atomic E-state index is 5.10. The summed E-state index contributed by atoms with van der Waals surface area (Å²) < 4.78 is 11.9. The second-order valence-electron chi connectivity index (χ2n) is 4.06. The molecule has 0 atom stereocenters. The molecule has 0 spiro atoms. The molecule has 0 saturated heterocycles. The van der Waals surface area contributed by atoms with Gasteiger partial charge in [0.25, 0.3) is 0 Å². The van der Waals surface area contributed by atoms with Crippen molar-refractivity contribution in [3.05, 3.63) is 36.9 Å². The fourth-order valence-corrected chi connectivity index (χ4v) is 1.86. The maximum absolute atomic E-state index is 5.10. The molecule has 19 heavy (non-hydrogen) atoms. The maximum Gasteiger partial charge on any atom is 0.154 e. The lowest BCUT2D eigenvalue weighted by atomic mass is 10.3. The van der Waals surface area contributed by atoms with Gasteiger partial charge in [-0.3, -0.25) is 0 Å². The van der Waals surface area contributed by atoms with Crippen molar-refractivity contribution in [3.8, 4) is 11.3 Å². The van der Waals surface area contributed by atoms with Crippen LogP contribution >= 0.6 is 0 Å². The lowest BCUT2D eigenvalue weighted by molar-refractivity contribution is 0.210. The van der Waals surface area contributed by atoms with Crippen LogP contribution in [-0.4, -0.2) is 34.9 Å². The average molecular weight is 258 g/mol. The number of hydrogen-bond acceptors (Lipinski definition) is 5. The van der Waals surface area contributed by atoms with Crippen molar-refractivity contribution in [2.75, 3.05) is 25.6 Å². The third kappa shape index (κ3) is 2.30. The Morgan fingerprint density at radius 1 is 1.37 bits per heavy atom. The van der Waals surface area contributed by atoms with Gasteiger partial charge < -0.3 is 14.5 Å². The van der Waals surface area contributed by atoms with Gasteiger partial charge in [-0.15, -0.1) is 5.10 Å². The zero-order valence-corrected chi connectivity index (χ0v) is 10.5. The smallest absolute Gasteiger partial charge is 0.154 e. The van der Waals surface area contributed by atoms with Crippen LogP contribution in [0.5, 0.6) is 0 Å². The predicted octanol–water partition coefficient (Wildman–Crippen LogP) is 2.05. The van der Waals surface area contributed by atoms with E-state index in [1.807, 2.05) is 18.2 Å². The van der Waals surface area contributed by atoms with Gasteiger partial charge in [0.05, 0.1) is 31.0 Å². The Kier molecular flexibility index (Phi) is 3.16. The third-order valence-corrected chi connectivity index (χ3v) is 2.79. The average Bonchev–Trinajstić information content (AvgIpc) is 3.07. The molecular weight excluding hydrogens is 244 g/mol. The minimum atomic E-state index is 0.637. The molecule has 0 amide bonds. The Hall–Kier alpha value is -2.34. The molecule has 6 nitrogen and oxygen atoms in total. The first kappa shape index (κ1) is 11.7. The van der Waals surface area contributed by atoms with Gasteiger partial charge in [0, 0.05) is 19.2 Å². The summed E-state index contributed by atoms with van der Waals surface area (Å²) in [5.41, 5.74) is 2.65. The van der Waals surface area contributed by atoms with Crippen LogP contribution < -0.4 is 5.32 Å². The van der Waals surface area contributed by atoms with Crippen LogP contribution in [0.25, 0.3) is 16.9 Å². The third-order valence-electron chi connectivity index (χ3n) is 2.79. The van der Waals surface area contributed by atoms with E-state index in [-0.39, 0.29) is 0 Å². The summed E-state index contributed by atoms with van der Waals surface area (Å²) in [5.74, 6) is 0.785. The number of rotatable bonds is 5. The van der Waals surface area contributed by atoms with E-state index in [9.17, 15) is 0 Å². The molecule has 0 bridgehead atoms. The van der Waals surface area contributed by atoms with Crippen LogP contribution in [0.15, 0.2) is 41.3 Å². The minimum Gasteiger partial charge on any atom is -0.472 e. The summed E-state index contributed by atoms with van der Waals surface area (Å²) in [6.45, 7) is 1.35. The van der Waals surface area contributed by atoms with Gasteiger partial charge in [0.1, 0.15) is 5.82 Å². The van der Waals surface area contributed by atoms with Crippen molar-refractivity contribution in [2.24, 2.45) is 0 Å². The monoisotopic (exact) mass is 258 g/mol. The van der Waals surface area contributed by atoms with E-state index in [0.717, 1.165) is 22.7 Å². The summed E-state index contributed by atoms with van der Waals surface area (Å²) in [6, 6.07) is 5.71. The number of methoxy groups -OCH3 is 1. The van der Waals surface area contributed by atoms with Crippen LogP contribution in [-0.2, 0) is 4.74 Å². The van der Waals surface area contributed by atoms with E-state index in [0.29, 0.717) is 13.2 Å². The van der Waals surface area contributed by atoms with E-state index in [1.165, 1.54) is 0 Å². The normalized spacial score (nSPS) is 11.0. The van der Waals surface area contributed by atoms with Crippen LogP contribution in [0.4, 0.5) is 5.82 Å². The molecule has 1 N–H and O–H groups in total. The number of fused-ring (bicyclic) bond motifs is 1. The van der Waals surface area contributed by atoms with E-state index in [1.54, 1.807) is 30.3 Å². The van der Waals surface area contributed by atoms with E-state index >= 15 is 0 Å². The lowest BCUT2D eigenvalue weighted by Gasteiger charge is -2.05. The van der Waals surface area contributed by atoms with Crippen LogP contribution in [0.2, 0.25) is 0 Å². The fraction of sp³-hybridized carbons (Fsp3) is 0.231.